The molecule has 6 heteroatoms. The molecule has 0 fully saturated rings. The molecule has 1 rings (SSSR count). The Balaban J connectivity index is 2.45. The van der Waals surface area contributed by atoms with Gasteiger partial charge in [0.2, 0.25) is 5.91 Å². The SMILES string of the molecule is CCC(=O)NCCC[C@H](NC(=O)c1ccccc1)C(=O)O. The second-order valence-corrected chi connectivity index (χ2v) is 4.58. The first-order valence-corrected chi connectivity index (χ1v) is 6.90. The van der Waals surface area contributed by atoms with Gasteiger partial charge in [-0.3, -0.25) is 9.59 Å². The Morgan fingerprint density at radius 1 is 1.19 bits per heavy atom. The summed E-state index contributed by atoms with van der Waals surface area (Å²) < 4.78 is 0. The summed E-state index contributed by atoms with van der Waals surface area (Å²) in [6.45, 7) is 2.15. The molecule has 1 aromatic carbocycles. The quantitative estimate of drug-likeness (QED) is 0.627. The van der Waals surface area contributed by atoms with Gasteiger partial charge in [-0.25, -0.2) is 4.79 Å². The first kappa shape index (κ1) is 16.7. The predicted octanol–water partition coefficient (Wildman–Crippen LogP) is 1.18. The Morgan fingerprint density at radius 2 is 1.86 bits per heavy atom. The van der Waals surface area contributed by atoms with Gasteiger partial charge < -0.3 is 15.7 Å². The van der Waals surface area contributed by atoms with Gasteiger partial charge in [-0.05, 0) is 25.0 Å². The molecule has 0 heterocycles. The number of nitrogens with one attached hydrogen (secondary N) is 2. The molecule has 1 atom stereocenters. The smallest absolute Gasteiger partial charge is 0.326 e. The van der Waals surface area contributed by atoms with Crippen LogP contribution >= 0.6 is 0 Å². The van der Waals surface area contributed by atoms with Crippen molar-refractivity contribution in [3.63, 3.8) is 0 Å². The van der Waals surface area contributed by atoms with E-state index in [-0.39, 0.29) is 12.3 Å². The lowest BCUT2D eigenvalue weighted by Crippen LogP contribution is -2.41. The average Bonchev–Trinajstić information content (AvgIpc) is 2.50. The van der Waals surface area contributed by atoms with Crippen LogP contribution in [-0.4, -0.2) is 35.5 Å². The van der Waals surface area contributed by atoms with Gasteiger partial charge in [-0.1, -0.05) is 25.1 Å². The van der Waals surface area contributed by atoms with Crippen LogP contribution in [0.5, 0.6) is 0 Å². The van der Waals surface area contributed by atoms with E-state index >= 15 is 0 Å². The van der Waals surface area contributed by atoms with Gasteiger partial charge in [0.25, 0.3) is 5.91 Å². The first-order valence-electron chi connectivity index (χ1n) is 6.90. The van der Waals surface area contributed by atoms with Gasteiger partial charge >= 0.3 is 5.97 Å². The van der Waals surface area contributed by atoms with Crippen molar-refractivity contribution in [2.45, 2.75) is 32.2 Å². The summed E-state index contributed by atoms with van der Waals surface area (Å²) in [6, 6.07) is 7.49. The zero-order valence-corrected chi connectivity index (χ0v) is 12.0. The summed E-state index contributed by atoms with van der Waals surface area (Å²) in [5, 5.41) is 14.3. The summed E-state index contributed by atoms with van der Waals surface area (Å²) >= 11 is 0. The molecule has 0 aliphatic rings. The molecule has 0 bridgehead atoms. The summed E-state index contributed by atoms with van der Waals surface area (Å²) in [5.74, 6) is -1.57. The lowest BCUT2D eigenvalue weighted by molar-refractivity contribution is -0.139. The van der Waals surface area contributed by atoms with Crippen molar-refractivity contribution in [1.29, 1.82) is 0 Å². The second-order valence-electron chi connectivity index (χ2n) is 4.58. The molecule has 0 radical (unpaired) electrons. The van der Waals surface area contributed by atoms with Crippen molar-refractivity contribution >= 4 is 17.8 Å². The van der Waals surface area contributed by atoms with Gasteiger partial charge in [0.05, 0.1) is 0 Å². The summed E-state index contributed by atoms with van der Waals surface area (Å²) in [6.07, 6.45) is 1.14. The minimum Gasteiger partial charge on any atom is -0.480 e. The third-order valence-electron chi connectivity index (χ3n) is 2.95. The van der Waals surface area contributed by atoms with Crippen LogP contribution in [0.25, 0.3) is 0 Å². The predicted molar refractivity (Wildman–Crippen MR) is 77.9 cm³/mol. The van der Waals surface area contributed by atoms with Gasteiger partial charge in [0.15, 0.2) is 0 Å². The van der Waals surface area contributed by atoms with Crippen LogP contribution < -0.4 is 10.6 Å². The maximum atomic E-state index is 11.9. The molecule has 114 valence electrons. The van der Waals surface area contributed by atoms with Crippen LogP contribution in [0.15, 0.2) is 30.3 Å². The molecular formula is C15H20N2O4. The molecule has 0 spiro atoms. The van der Waals surface area contributed by atoms with E-state index in [1.165, 1.54) is 0 Å². The highest BCUT2D eigenvalue weighted by molar-refractivity contribution is 5.96. The Morgan fingerprint density at radius 3 is 2.43 bits per heavy atom. The summed E-state index contributed by atoms with van der Waals surface area (Å²) in [5.41, 5.74) is 0.419. The number of carbonyl (C=O) groups is 3. The molecule has 0 unspecified atom stereocenters. The van der Waals surface area contributed by atoms with E-state index in [2.05, 4.69) is 10.6 Å². The lowest BCUT2D eigenvalue weighted by atomic mass is 10.1. The normalized spacial score (nSPS) is 11.5. The number of carboxylic acids is 1. The first-order chi connectivity index (χ1) is 10.0. The van der Waals surface area contributed by atoms with Crippen LogP contribution in [-0.2, 0) is 9.59 Å². The fourth-order valence-corrected chi connectivity index (χ4v) is 1.75. The van der Waals surface area contributed by atoms with Gasteiger partial charge in [0.1, 0.15) is 6.04 Å². The highest BCUT2D eigenvalue weighted by Gasteiger charge is 2.20. The van der Waals surface area contributed by atoms with Crippen LogP contribution in [0, 0.1) is 0 Å². The maximum absolute atomic E-state index is 11.9. The Labute approximate surface area is 123 Å². The number of amides is 2. The number of rotatable bonds is 8. The van der Waals surface area contributed by atoms with Gasteiger partial charge in [-0.15, -0.1) is 0 Å². The molecule has 0 aliphatic heterocycles. The highest BCUT2D eigenvalue weighted by Crippen LogP contribution is 2.02. The van der Waals surface area contributed by atoms with Crippen molar-refractivity contribution in [3.05, 3.63) is 35.9 Å². The minimum absolute atomic E-state index is 0.0739. The summed E-state index contributed by atoms with van der Waals surface area (Å²) in [4.78, 5) is 34.1. The second kappa shape index (κ2) is 8.73. The Bertz CT molecular complexity index is 488. The minimum atomic E-state index is -1.08. The monoisotopic (exact) mass is 292 g/mol. The number of carboxylic acid groups (broad SMARTS) is 1. The van der Waals surface area contributed by atoms with E-state index in [0.29, 0.717) is 24.9 Å². The third kappa shape index (κ3) is 6.07. The number of aliphatic carboxylic acids is 1. The number of carbonyl (C=O) groups excluding carboxylic acids is 2. The van der Waals surface area contributed by atoms with Crippen LogP contribution in [0.1, 0.15) is 36.5 Å². The molecule has 0 aromatic heterocycles. The average molecular weight is 292 g/mol. The molecule has 0 saturated carbocycles. The van der Waals surface area contributed by atoms with E-state index in [4.69, 9.17) is 5.11 Å². The number of hydrogen-bond acceptors (Lipinski definition) is 3. The van der Waals surface area contributed by atoms with Gasteiger partial charge in [-0.2, -0.15) is 0 Å². The lowest BCUT2D eigenvalue weighted by Gasteiger charge is -2.14. The summed E-state index contributed by atoms with van der Waals surface area (Å²) in [7, 11) is 0. The molecule has 0 aliphatic carbocycles. The molecule has 2 amide bonds. The topological polar surface area (TPSA) is 95.5 Å². The van der Waals surface area contributed by atoms with Crippen molar-refractivity contribution in [1.82, 2.24) is 10.6 Å². The van der Waals surface area contributed by atoms with Crippen LogP contribution in [0.4, 0.5) is 0 Å². The van der Waals surface area contributed by atoms with Crippen molar-refractivity contribution < 1.29 is 19.5 Å². The van der Waals surface area contributed by atoms with Crippen molar-refractivity contribution in [2.75, 3.05) is 6.54 Å². The fourth-order valence-electron chi connectivity index (χ4n) is 1.75. The standard InChI is InChI=1S/C15H20N2O4/c1-2-13(18)16-10-6-9-12(15(20)21)17-14(19)11-7-4-3-5-8-11/h3-5,7-8,12H,2,6,9-10H2,1H3,(H,16,18)(H,17,19)(H,20,21)/t12-/m0/s1. The molecule has 6 nitrogen and oxygen atoms in total. The molecular weight excluding hydrogens is 272 g/mol. The van der Waals surface area contributed by atoms with E-state index in [0.717, 1.165) is 0 Å². The van der Waals surface area contributed by atoms with Gasteiger partial charge in [0, 0.05) is 18.5 Å². The third-order valence-corrected chi connectivity index (χ3v) is 2.95. The van der Waals surface area contributed by atoms with Crippen molar-refractivity contribution in [3.8, 4) is 0 Å². The van der Waals surface area contributed by atoms with E-state index in [9.17, 15) is 14.4 Å². The number of benzene rings is 1. The van der Waals surface area contributed by atoms with E-state index in [1.807, 2.05) is 0 Å². The van der Waals surface area contributed by atoms with Crippen molar-refractivity contribution in [2.24, 2.45) is 0 Å². The van der Waals surface area contributed by atoms with Crippen LogP contribution in [0.3, 0.4) is 0 Å². The zero-order chi connectivity index (χ0) is 15.7. The maximum Gasteiger partial charge on any atom is 0.326 e. The fraction of sp³-hybridized carbons (Fsp3) is 0.400. The Kier molecular flexibility index (Phi) is 6.94. The highest BCUT2D eigenvalue weighted by atomic mass is 16.4. The number of hydrogen-bond donors (Lipinski definition) is 3. The Hall–Kier alpha value is -2.37. The van der Waals surface area contributed by atoms with E-state index in [1.54, 1.807) is 37.3 Å². The zero-order valence-electron chi connectivity index (χ0n) is 12.0. The molecule has 21 heavy (non-hydrogen) atoms. The molecule has 1 aromatic rings. The van der Waals surface area contributed by atoms with E-state index < -0.39 is 17.9 Å². The largest absolute Gasteiger partial charge is 0.480 e. The molecule has 3 N–H and O–H groups in total. The van der Waals surface area contributed by atoms with Crippen LogP contribution in [0.2, 0.25) is 0 Å². The molecule has 0 saturated heterocycles.